The number of hydrogen-bond donors (Lipinski definition) is 1. The summed E-state index contributed by atoms with van der Waals surface area (Å²) in [6, 6.07) is 7.13. The minimum Gasteiger partial charge on any atom is -0.493 e. The van der Waals surface area contributed by atoms with Crippen molar-refractivity contribution in [3.05, 3.63) is 63.2 Å². The number of rotatable bonds is 7. The fraction of sp³-hybridized carbons (Fsp3) is 0.211. The van der Waals surface area contributed by atoms with E-state index < -0.39 is 17.4 Å². The first kappa shape index (κ1) is 20.8. The maximum Gasteiger partial charge on any atom is 0.387 e. The zero-order valence-electron chi connectivity index (χ0n) is 15.4. The Bertz CT molecular complexity index is 929. The summed E-state index contributed by atoms with van der Waals surface area (Å²) in [6.45, 7) is 0.358. The number of halogens is 2. The summed E-state index contributed by atoms with van der Waals surface area (Å²) in [5.41, 5.74) is 1.92. The second kappa shape index (κ2) is 8.94. The number of nitro groups is 1. The van der Waals surface area contributed by atoms with Gasteiger partial charge in [-0.05, 0) is 49.2 Å². The van der Waals surface area contributed by atoms with Gasteiger partial charge in [0.05, 0.1) is 17.7 Å². The molecule has 0 aliphatic heterocycles. The molecule has 0 aliphatic carbocycles. The summed E-state index contributed by atoms with van der Waals surface area (Å²) in [7, 11) is 1.31. The van der Waals surface area contributed by atoms with Crippen LogP contribution in [0.4, 0.5) is 20.2 Å². The number of carbonyl (C=O) groups is 1. The van der Waals surface area contributed by atoms with E-state index in [0.29, 0.717) is 22.4 Å². The topological polar surface area (TPSA) is 90.7 Å². The van der Waals surface area contributed by atoms with E-state index in [-0.39, 0.29) is 17.2 Å². The Morgan fingerprint density at radius 2 is 1.89 bits per heavy atom. The van der Waals surface area contributed by atoms with Crippen molar-refractivity contribution >= 4 is 23.4 Å². The zero-order chi connectivity index (χ0) is 20.8. The lowest BCUT2D eigenvalue weighted by atomic mass is 10.1. The van der Waals surface area contributed by atoms with E-state index in [4.69, 9.17) is 4.74 Å². The van der Waals surface area contributed by atoms with Crippen LogP contribution in [0.1, 0.15) is 16.7 Å². The van der Waals surface area contributed by atoms with Gasteiger partial charge in [-0.3, -0.25) is 14.9 Å². The number of nitrogens with zero attached hydrogens (tertiary/aromatic N) is 1. The number of methoxy groups -OCH3 is 1. The number of ether oxygens (including phenoxy) is 2. The van der Waals surface area contributed by atoms with Gasteiger partial charge in [0.25, 0.3) is 5.69 Å². The van der Waals surface area contributed by atoms with Gasteiger partial charge in [0.2, 0.25) is 5.91 Å². The SMILES string of the molecule is COc1cc(/C=C/C(=O)Nc2cc([N+](=O)[O-])c(C)cc2C)ccc1OC(F)F. The van der Waals surface area contributed by atoms with Crippen LogP contribution in [0.15, 0.2) is 36.4 Å². The summed E-state index contributed by atoms with van der Waals surface area (Å²) < 4.78 is 34.0. The number of aryl methyl sites for hydroxylation is 2. The molecule has 0 radical (unpaired) electrons. The van der Waals surface area contributed by atoms with E-state index in [0.717, 1.165) is 0 Å². The van der Waals surface area contributed by atoms with E-state index in [2.05, 4.69) is 10.1 Å². The molecule has 0 unspecified atom stereocenters. The van der Waals surface area contributed by atoms with Crippen molar-refractivity contribution in [3.8, 4) is 11.5 Å². The molecule has 0 saturated carbocycles. The summed E-state index contributed by atoms with van der Waals surface area (Å²) in [4.78, 5) is 22.7. The average Bonchev–Trinajstić information content (AvgIpc) is 2.62. The van der Waals surface area contributed by atoms with Crippen molar-refractivity contribution in [2.75, 3.05) is 12.4 Å². The van der Waals surface area contributed by atoms with Gasteiger partial charge in [-0.15, -0.1) is 0 Å². The number of benzene rings is 2. The Balaban J connectivity index is 2.16. The molecule has 2 rings (SSSR count). The van der Waals surface area contributed by atoms with Crippen molar-refractivity contribution in [1.29, 1.82) is 0 Å². The van der Waals surface area contributed by atoms with Crippen LogP contribution in [0.25, 0.3) is 6.08 Å². The van der Waals surface area contributed by atoms with E-state index in [1.54, 1.807) is 19.9 Å². The number of nitro benzene ring substituents is 1. The van der Waals surface area contributed by atoms with Gasteiger partial charge in [-0.1, -0.05) is 6.07 Å². The lowest BCUT2D eigenvalue weighted by Gasteiger charge is -2.10. The highest BCUT2D eigenvalue weighted by Gasteiger charge is 2.14. The highest BCUT2D eigenvalue weighted by Crippen LogP contribution is 2.30. The smallest absolute Gasteiger partial charge is 0.387 e. The molecule has 0 aliphatic rings. The Morgan fingerprint density at radius 1 is 1.18 bits per heavy atom. The van der Waals surface area contributed by atoms with Gasteiger partial charge in [0.1, 0.15) is 0 Å². The number of alkyl halides is 2. The maximum atomic E-state index is 12.3. The first-order valence-electron chi connectivity index (χ1n) is 8.08. The number of nitrogens with one attached hydrogen (secondary N) is 1. The van der Waals surface area contributed by atoms with Gasteiger partial charge >= 0.3 is 6.61 Å². The third-order valence-electron chi connectivity index (χ3n) is 3.83. The molecule has 0 atom stereocenters. The second-order valence-electron chi connectivity index (χ2n) is 5.82. The molecule has 0 fully saturated rings. The van der Waals surface area contributed by atoms with Crippen LogP contribution in [0, 0.1) is 24.0 Å². The lowest BCUT2D eigenvalue weighted by molar-refractivity contribution is -0.385. The molecule has 7 nitrogen and oxygen atoms in total. The molecule has 2 aromatic carbocycles. The van der Waals surface area contributed by atoms with Crippen molar-refractivity contribution in [2.45, 2.75) is 20.5 Å². The predicted molar refractivity (Wildman–Crippen MR) is 99.9 cm³/mol. The van der Waals surface area contributed by atoms with Gasteiger partial charge in [0.15, 0.2) is 11.5 Å². The second-order valence-corrected chi connectivity index (χ2v) is 5.82. The third-order valence-corrected chi connectivity index (χ3v) is 3.83. The Kier molecular flexibility index (Phi) is 6.64. The number of hydrogen-bond acceptors (Lipinski definition) is 5. The number of anilines is 1. The Morgan fingerprint density at radius 3 is 2.50 bits per heavy atom. The summed E-state index contributed by atoms with van der Waals surface area (Å²) in [6.07, 6.45) is 2.66. The third kappa shape index (κ3) is 5.26. The highest BCUT2D eigenvalue weighted by molar-refractivity contribution is 6.02. The molecule has 9 heteroatoms. The molecule has 0 bridgehead atoms. The van der Waals surface area contributed by atoms with Crippen molar-refractivity contribution in [2.24, 2.45) is 0 Å². The van der Waals surface area contributed by atoms with Crippen molar-refractivity contribution < 1.29 is 28.0 Å². The van der Waals surface area contributed by atoms with Crippen LogP contribution >= 0.6 is 0 Å². The number of carbonyl (C=O) groups excluding carboxylic acids is 1. The van der Waals surface area contributed by atoms with E-state index in [1.165, 1.54) is 43.5 Å². The van der Waals surface area contributed by atoms with E-state index in [9.17, 15) is 23.7 Å². The molecule has 0 spiro atoms. The van der Waals surface area contributed by atoms with Crippen LogP contribution < -0.4 is 14.8 Å². The van der Waals surface area contributed by atoms with Crippen LogP contribution in [0.3, 0.4) is 0 Å². The molecule has 2 aromatic rings. The van der Waals surface area contributed by atoms with Gasteiger partial charge in [0, 0.05) is 17.7 Å². The summed E-state index contributed by atoms with van der Waals surface area (Å²) in [5.74, 6) is -0.539. The fourth-order valence-electron chi connectivity index (χ4n) is 2.50. The molecular weight excluding hydrogens is 374 g/mol. The van der Waals surface area contributed by atoms with Crippen LogP contribution in [0.5, 0.6) is 11.5 Å². The molecule has 0 heterocycles. The Hall–Kier alpha value is -3.49. The molecule has 1 amide bonds. The Labute approximate surface area is 159 Å². The standard InChI is InChI=1S/C19H18F2N2O5/c1-11-8-12(2)15(23(25)26)10-14(11)22-18(24)7-5-13-4-6-16(28-19(20)21)17(9-13)27-3/h4-10,19H,1-3H3,(H,22,24)/b7-5+. The van der Waals surface area contributed by atoms with Gasteiger partial charge in [-0.25, -0.2) is 0 Å². The van der Waals surface area contributed by atoms with Crippen LogP contribution in [0.2, 0.25) is 0 Å². The average molecular weight is 392 g/mol. The summed E-state index contributed by atoms with van der Waals surface area (Å²) >= 11 is 0. The van der Waals surface area contributed by atoms with Crippen molar-refractivity contribution in [3.63, 3.8) is 0 Å². The zero-order valence-corrected chi connectivity index (χ0v) is 15.4. The van der Waals surface area contributed by atoms with Gasteiger partial charge < -0.3 is 14.8 Å². The van der Waals surface area contributed by atoms with E-state index in [1.807, 2.05) is 0 Å². The maximum absolute atomic E-state index is 12.3. The first-order valence-corrected chi connectivity index (χ1v) is 8.08. The minimum atomic E-state index is -2.98. The van der Waals surface area contributed by atoms with Crippen LogP contribution in [-0.2, 0) is 4.79 Å². The molecule has 148 valence electrons. The molecule has 0 aromatic heterocycles. The first-order chi connectivity index (χ1) is 13.2. The van der Waals surface area contributed by atoms with Crippen LogP contribution in [-0.4, -0.2) is 24.6 Å². The molecule has 28 heavy (non-hydrogen) atoms. The predicted octanol–water partition coefficient (Wildman–Crippen LogP) is 4.47. The fourth-order valence-corrected chi connectivity index (χ4v) is 2.50. The summed E-state index contributed by atoms with van der Waals surface area (Å²) in [5, 5.41) is 13.6. The van der Waals surface area contributed by atoms with E-state index >= 15 is 0 Å². The quantitative estimate of drug-likeness (QED) is 0.426. The largest absolute Gasteiger partial charge is 0.493 e. The molecular formula is C19H18F2N2O5. The lowest BCUT2D eigenvalue weighted by Crippen LogP contribution is -2.09. The molecule has 1 N–H and O–H groups in total. The molecule has 0 saturated heterocycles. The minimum absolute atomic E-state index is 0.0906. The van der Waals surface area contributed by atoms with Gasteiger partial charge in [-0.2, -0.15) is 8.78 Å². The highest BCUT2D eigenvalue weighted by atomic mass is 19.3. The normalized spacial score (nSPS) is 10.9. The number of amides is 1. The monoisotopic (exact) mass is 392 g/mol. The van der Waals surface area contributed by atoms with Crippen molar-refractivity contribution in [1.82, 2.24) is 0 Å².